The molecule has 0 N–H and O–H groups in total. The molecule has 2 saturated carbocycles. The predicted octanol–water partition coefficient (Wildman–Crippen LogP) is 5.00. The van der Waals surface area contributed by atoms with E-state index in [0.29, 0.717) is 30.6 Å². The molecule has 6 atom stereocenters. The smallest absolute Gasteiger partial charge is 0.303 e. The third kappa shape index (κ3) is 2.89. The third-order valence-electron chi connectivity index (χ3n) is 8.84. The maximum atomic E-state index is 12.8. The highest BCUT2D eigenvalue weighted by atomic mass is 35.5. The monoisotopic (exact) mass is 420 g/mol. The molecular formula is C24H33ClO4. The molecule has 0 aromatic carbocycles. The van der Waals surface area contributed by atoms with Crippen LogP contribution in [-0.4, -0.2) is 23.1 Å². The molecular weight excluding hydrogens is 388 g/mol. The van der Waals surface area contributed by atoms with Crippen LogP contribution in [0, 0.1) is 28.6 Å². The summed E-state index contributed by atoms with van der Waals surface area (Å²) in [5.74, 6) is 1.03. The number of Topliss-reactive ketones (excluding diaryl/α,β-unsaturated/α-hetero) is 1. The van der Waals surface area contributed by atoms with Gasteiger partial charge in [-0.2, -0.15) is 0 Å². The number of ether oxygens (including phenoxy) is 1. The Morgan fingerprint density at radius 2 is 1.72 bits per heavy atom. The molecule has 5 heteroatoms. The van der Waals surface area contributed by atoms with Crippen molar-refractivity contribution in [2.24, 2.45) is 28.6 Å². The number of ketones is 2. The predicted molar refractivity (Wildman–Crippen MR) is 114 cm³/mol. The lowest BCUT2D eigenvalue weighted by Gasteiger charge is -2.58. The van der Waals surface area contributed by atoms with Gasteiger partial charge in [0.05, 0.1) is 0 Å². The Kier molecular flexibility index (Phi) is 5.43. The highest BCUT2D eigenvalue weighted by Gasteiger charge is 2.67. The summed E-state index contributed by atoms with van der Waals surface area (Å²) in [5, 5.41) is 0. The van der Waals surface area contributed by atoms with Crippen molar-refractivity contribution in [2.75, 3.05) is 0 Å². The van der Waals surface area contributed by atoms with Crippen molar-refractivity contribution in [3.63, 3.8) is 0 Å². The molecule has 0 spiro atoms. The first-order valence-electron chi connectivity index (χ1n) is 10.7. The lowest BCUT2D eigenvalue weighted by molar-refractivity contribution is -0.185. The first-order chi connectivity index (χ1) is 13.0. The summed E-state index contributed by atoms with van der Waals surface area (Å²) in [6.07, 6.45) is 9.20. The average molecular weight is 421 g/mol. The molecule has 4 rings (SSSR count). The second kappa shape index (κ2) is 7.08. The number of fused-ring (bicyclic) bond motifs is 5. The highest BCUT2D eigenvalue weighted by Crippen LogP contribution is 2.67. The molecule has 0 radical (unpaired) electrons. The molecule has 0 heterocycles. The Balaban J connectivity index is 0.00000240. The van der Waals surface area contributed by atoms with Crippen molar-refractivity contribution in [3.8, 4) is 0 Å². The van der Waals surface area contributed by atoms with E-state index in [2.05, 4.69) is 26.8 Å². The maximum Gasteiger partial charge on any atom is 0.303 e. The highest BCUT2D eigenvalue weighted by molar-refractivity contribution is 5.92. The lowest BCUT2D eigenvalue weighted by Crippen LogP contribution is -2.58. The number of rotatable bonds is 2. The molecule has 2 fully saturated rings. The van der Waals surface area contributed by atoms with Crippen LogP contribution in [0.5, 0.6) is 0 Å². The van der Waals surface area contributed by atoms with Crippen LogP contribution in [-0.2, 0) is 19.1 Å². The Hall–Kier alpha value is -1.42. The Labute approximate surface area is 179 Å². The van der Waals surface area contributed by atoms with Gasteiger partial charge in [0.25, 0.3) is 0 Å². The standard InChI is InChI=1S/C24H32O4.ClH/c1-14-12-18-19(22(4)9-6-17(27)13-21(14)22)7-10-23(5)20(18)8-11-24(23,15(2)25)28-16(3)26;/h12-13,18-20H,6-11H2,1-5H3;1H/t18-,19+,20+,22-,23+,24+;/m1./s1. The van der Waals surface area contributed by atoms with Crippen molar-refractivity contribution in [1.29, 1.82) is 0 Å². The quantitative estimate of drug-likeness (QED) is 0.590. The van der Waals surface area contributed by atoms with Gasteiger partial charge in [0.2, 0.25) is 0 Å². The van der Waals surface area contributed by atoms with Crippen molar-refractivity contribution < 1.29 is 19.1 Å². The lowest BCUT2D eigenvalue weighted by atomic mass is 9.47. The minimum absolute atomic E-state index is 0. The van der Waals surface area contributed by atoms with E-state index >= 15 is 0 Å². The van der Waals surface area contributed by atoms with Crippen LogP contribution < -0.4 is 0 Å². The number of allylic oxidation sites excluding steroid dienone is 4. The van der Waals surface area contributed by atoms with Crippen molar-refractivity contribution in [2.45, 2.75) is 78.7 Å². The number of hydrogen-bond donors (Lipinski definition) is 0. The summed E-state index contributed by atoms with van der Waals surface area (Å²) in [6, 6.07) is 0. The van der Waals surface area contributed by atoms with Crippen LogP contribution in [0.15, 0.2) is 23.3 Å². The van der Waals surface area contributed by atoms with Gasteiger partial charge in [0.1, 0.15) is 0 Å². The van der Waals surface area contributed by atoms with E-state index < -0.39 is 5.60 Å². The molecule has 0 saturated heterocycles. The second-order valence-corrected chi connectivity index (χ2v) is 10.1. The fourth-order valence-electron chi connectivity index (χ4n) is 7.48. The van der Waals surface area contributed by atoms with Gasteiger partial charge in [-0.05, 0) is 80.8 Å². The molecule has 0 bridgehead atoms. The minimum atomic E-state index is -0.990. The number of hydrogen-bond acceptors (Lipinski definition) is 4. The van der Waals surface area contributed by atoms with Gasteiger partial charge >= 0.3 is 5.97 Å². The molecule has 4 nitrogen and oxygen atoms in total. The van der Waals surface area contributed by atoms with E-state index in [1.807, 2.05) is 6.08 Å². The number of esters is 1. The summed E-state index contributed by atoms with van der Waals surface area (Å²) in [6.45, 7) is 9.63. The van der Waals surface area contributed by atoms with Gasteiger partial charge in [-0.25, -0.2) is 0 Å². The van der Waals surface area contributed by atoms with Gasteiger partial charge < -0.3 is 4.74 Å². The van der Waals surface area contributed by atoms with Crippen LogP contribution in [0.1, 0.15) is 73.1 Å². The Bertz CT molecular complexity index is 827. The van der Waals surface area contributed by atoms with E-state index in [1.54, 1.807) is 6.92 Å². The molecule has 4 aliphatic rings. The fourth-order valence-corrected chi connectivity index (χ4v) is 7.48. The zero-order valence-corrected chi connectivity index (χ0v) is 19.0. The van der Waals surface area contributed by atoms with E-state index in [0.717, 1.165) is 25.7 Å². The molecule has 0 unspecified atom stereocenters. The third-order valence-corrected chi connectivity index (χ3v) is 8.84. The van der Waals surface area contributed by atoms with E-state index in [1.165, 1.54) is 18.1 Å². The zero-order chi connectivity index (χ0) is 20.5. The van der Waals surface area contributed by atoms with Crippen LogP contribution in [0.2, 0.25) is 0 Å². The van der Waals surface area contributed by atoms with Crippen LogP contribution >= 0.6 is 12.4 Å². The summed E-state index contributed by atoms with van der Waals surface area (Å²) < 4.78 is 5.82. The van der Waals surface area contributed by atoms with E-state index in [9.17, 15) is 14.4 Å². The van der Waals surface area contributed by atoms with E-state index in [-0.39, 0.29) is 40.8 Å². The first-order valence-corrected chi connectivity index (χ1v) is 10.7. The fraction of sp³-hybridized carbons (Fsp3) is 0.708. The Morgan fingerprint density at radius 3 is 2.34 bits per heavy atom. The van der Waals surface area contributed by atoms with Crippen molar-refractivity contribution >= 4 is 29.9 Å². The minimum Gasteiger partial charge on any atom is -0.451 e. The Morgan fingerprint density at radius 1 is 1.07 bits per heavy atom. The first kappa shape index (κ1) is 22.3. The van der Waals surface area contributed by atoms with Crippen LogP contribution in [0.4, 0.5) is 0 Å². The van der Waals surface area contributed by atoms with Gasteiger partial charge in [0, 0.05) is 18.8 Å². The van der Waals surface area contributed by atoms with Gasteiger partial charge in [-0.1, -0.05) is 25.5 Å². The largest absolute Gasteiger partial charge is 0.451 e. The summed E-state index contributed by atoms with van der Waals surface area (Å²) in [4.78, 5) is 36.8. The molecule has 0 aromatic heterocycles. The number of carbonyl (C=O) groups is 3. The molecule has 0 aliphatic heterocycles. The number of halogens is 1. The molecule has 0 amide bonds. The van der Waals surface area contributed by atoms with Crippen molar-refractivity contribution in [1.82, 2.24) is 0 Å². The summed E-state index contributed by atoms with van der Waals surface area (Å²) >= 11 is 0. The van der Waals surface area contributed by atoms with Gasteiger partial charge in [-0.15, -0.1) is 12.4 Å². The van der Waals surface area contributed by atoms with Crippen molar-refractivity contribution in [3.05, 3.63) is 23.3 Å². The summed E-state index contributed by atoms with van der Waals surface area (Å²) in [7, 11) is 0. The second-order valence-electron chi connectivity index (χ2n) is 10.1. The molecule has 29 heavy (non-hydrogen) atoms. The SMILES string of the molecule is CC(=O)O[C@]1(C(C)=O)CC[C@H]2[C@@H]3C=C(C)C4=CC(=O)CC[C@]4(C)[C@H]3CC[C@@]21C.Cl. The molecule has 0 aromatic rings. The van der Waals surface area contributed by atoms with E-state index in [4.69, 9.17) is 4.74 Å². The topological polar surface area (TPSA) is 60.4 Å². The summed E-state index contributed by atoms with van der Waals surface area (Å²) in [5.41, 5.74) is 1.15. The van der Waals surface area contributed by atoms with Gasteiger partial charge in [-0.3, -0.25) is 14.4 Å². The number of carbonyl (C=O) groups excluding carboxylic acids is 3. The van der Waals surface area contributed by atoms with Crippen LogP contribution in [0.25, 0.3) is 0 Å². The average Bonchev–Trinajstić information content (AvgIpc) is 2.90. The maximum absolute atomic E-state index is 12.8. The van der Waals surface area contributed by atoms with Crippen LogP contribution in [0.3, 0.4) is 0 Å². The normalized spacial score (nSPS) is 43.1. The van der Waals surface area contributed by atoms with Gasteiger partial charge in [0.15, 0.2) is 17.2 Å². The molecule has 4 aliphatic carbocycles. The zero-order valence-electron chi connectivity index (χ0n) is 18.2. The molecule has 160 valence electrons.